The molecule has 5 nitrogen and oxygen atoms in total. The zero-order chi connectivity index (χ0) is 10.6. The lowest BCUT2D eigenvalue weighted by Crippen LogP contribution is -2.08. The van der Waals surface area contributed by atoms with Crippen molar-refractivity contribution < 1.29 is 14.3 Å². The van der Waals surface area contributed by atoms with Crippen molar-refractivity contribution in [2.45, 2.75) is 0 Å². The molecule has 1 heterocycles. The predicted octanol–water partition coefficient (Wildman–Crippen LogP) is 0.722. The lowest BCUT2D eigenvalue weighted by molar-refractivity contribution is 0.0601. The number of hydrogen-bond acceptors (Lipinski definition) is 5. The summed E-state index contributed by atoms with van der Waals surface area (Å²) >= 11 is 0. The normalized spacial score (nSPS) is 9.29. The van der Waals surface area contributed by atoms with Gasteiger partial charge in [0.2, 0.25) is 0 Å². The molecule has 0 unspecified atom stereocenters. The highest BCUT2D eigenvalue weighted by Crippen LogP contribution is 2.13. The van der Waals surface area contributed by atoms with Crippen LogP contribution in [0.2, 0.25) is 0 Å². The number of carbonyl (C=O) groups is 2. The van der Waals surface area contributed by atoms with E-state index in [0.717, 1.165) is 0 Å². The highest BCUT2D eigenvalue weighted by Gasteiger charge is 2.12. The van der Waals surface area contributed by atoms with Gasteiger partial charge in [0.05, 0.1) is 7.11 Å². The van der Waals surface area contributed by atoms with Gasteiger partial charge in [-0.2, -0.15) is 0 Å². The Kier molecular flexibility index (Phi) is 3.17. The highest BCUT2D eigenvalue weighted by atomic mass is 16.5. The fraction of sp³-hybridized carbons (Fsp3) is 0.222. The molecule has 1 aromatic heterocycles. The molecule has 74 valence electrons. The van der Waals surface area contributed by atoms with Crippen molar-refractivity contribution in [2.75, 3.05) is 19.5 Å². The Bertz CT molecular complexity index is 363. The largest absolute Gasteiger partial charge is 0.465 e. The number of nitrogens with zero attached hydrogens (tertiary/aromatic N) is 1. The topological polar surface area (TPSA) is 68.3 Å². The minimum atomic E-state index is -0.487. The third-order valence-corrected chi connectivity index (χ3v) is 1.68. The minimum absolute atomic E-state index is 0.266. The first kappa shape index (κ1) is 10.2. The lowest BCUT2D eigenvalue weighted by Gasteiger charge is -2.05. The monoisotopic (exact) mass is 194 g/mol. The molecule has 1 rings (SSSR count). The van der Waals surface area contributed by atoms with Gasteiger partial charge in [-0.05, 0) is 12.1 Å². The van der Waals surface area contributed by atoms with E-state index in [2.05, 4.69) is 15.0 Å². The summed E-state index contributed by atoms with van der Waals surface area (Å²) in [6.07, 6.45) is 0.613. The molecule has 14 heavy (non-hydrogen) atoms. The van der Waals surface area contributed by atoms with Gasteiger partial charge in [-0.3, -0.25) is 4.79 Å². The van der Waals surface area contributed by atoms with Crippen LogP contribution in [0, 0.1) is 0 Å². The van der Waals surface area contributed by atoms with Crippen LogP contribution >= 0.6 is 0 Å². The molecule has 0 atom stereocenters. The molecule has 1 N–H and O–H groups in total. The smallest absolute Gasteiger partial charge is 0.341 e. The Balaban J connectivity index is 3.17. The van der Waals surface area contributed by atoms with E-state index in [0.29, 0.717) is 17.7 Å². The summed E-state index contributed by atoms with van der Waals surface area (Å²) in [7, 11) is 2.90. The summed E-state index contributed by atoms with van der Waals surface area (Å²) in [5, 5.41) is 2.71. The van der Waals surface area contributed by atoms with E-state index in [-0.39, 0.29) is 5.69 Å². The van der Waals surface area contributed by atoms with Crippen molar-refractivity contribution in [3.8, 4) is 0 Å². The number of carbonyl (C=O) groups excluding carboxylic acids is 2. The van der Waals surface area contributed by atoms with Crippen molar-refractivity contribution in [1.82, 2.24) is 4.98 Å². The van der Waals surface area contributed by atoms with Crippen molar-refractivity contribution in [1.29, 1.82) is 0 Å². The highest BCUT2D eigenvalue weighted by molar-refractivity contribution is 5.95. The molecule has 0 amide bonds. The summed E-state index contributed by atoms with van der Waals surface area (Å²) in [5.74, 6) is -0.152. The Morgan fingerprint density at radius 3 is 2.79 bits per heavy atom. The molecule has 0 bridgehead atoms. The number of ether oxygens (including phenoxy) is 1. The number of anilines is 1. The number of rotatable bonds is 3. The Labute approximate surface area is 81.1 Å². The summed E-state index contributed by atoms with van der Waals surface area (Å²) in [6, 6.07) is 2.95. The van der Waals surface area contributed by atoms with E-state index < -0.39 is 5.97 Å². The number of esters is 1. The first-order valence-corrected chi connectivity index (χ1v) is 3.95. The number of pyridine rings is 1. The molecule has 0 aliphatic rings. The molecule has 0 radical (unpaired) electrons. The predicted molar refractivity (Wildman–Crippen MR) is 50.5 cm³/mol. The summed E-state index contributed by atoms with van der Waals surface area (Å²) in [6.45, 7) is 0. The van der Waals surface area contributed by atoms with Crippen LogP contribution in [-0.4, -0.2) is 31.4 Å². The Morgan fingerprint density at radius 2 is 2.29 bits per heavy atom. The Morgan fingerprint density at radius 1 is 1.57 bits per heavy atom. The van der Waals surface area contributed by atoms with Gasteiger partial charge < -0.3 is 10.1 Å². The van der Waals surface area contributed by atoms with E-state index in [1.807, 2.05) is 0 Å². The van der Waals surface area contributed by atoms with E-state index in [1.165, 1.54) is 19.2 Å². The van der Waals surface area contributed by atoms with Gasteiger partial charge in [-0.1, -0.05) is 0 Å². The van der Waals surface area contributed by atoms with Crippen LogP contribution in [0.15, 0.2) is 12.1 Å². The van der Waals surface area contributed by atoms with Gasteiger partial charge in [0.1, 0.15) is 17.1 Å². The third kappa shape index (κ3) is 1.87. The van der Waals surface area contributed by atoms with Crippen molar-refractivity contribution in [2.24, 2.45) is 0 Å². The van der Waals surface area contributed by atoms with Gasteiger partial charge in [0.25, 0.3) is 0 Å². The molecular formula is C9H10N2O3. The van der Waals surface area contributed by atoms with Crippen molar-refractivity contribution in [3.63, 3.8) is 0 Å². The molecular weight excluding hydrogens is 184 g/mol. The van der Waals surface area contributed by atoms with Gasteiger partial charge in [-0.15, -0.1) is 0 Å². The number of nitrogens with one attached hydrogen (secondary N) is 1. The van der Waals surface area contributed by atoms with Gasteiger partial charge >= 0.3 is 5.97 Å². The number of aromatic nitrogens is 1. The van der Waals surface area contributed by atoms with Crippen molar-refractivity contribution in [3.05, 3.63) is 23.4 Å². The van der Waals surface area contributed by atoms with Crippen LogP contribution < -0.4 is 5.32 Å². The molecule has 0 aliphatic carbocycles. The van der Waals surface area contributed by atoms with E-state index in [1.54, 1.807) is 7.05 Å². The molecule has 0 spiro atoms. The summed E-state index contributed by atoms with van der Waals surface area (Å²) in [4.78, 5) is 25.5. The third-order valence-electron chi connectivity index (χ3n) is 1.68. The maximum atomic E-state index is 11.2. The van der Waals surface area contributed by atoms with Gasteiger partial charge in [0.15, 0.2) is 6.29 Å². The molecule has 0 aliphatic heterocycles. The van der Waals surface area contributed by atoms with Crippen LogP contribution in [-0.2, 0) is 4.74 Å². The summed E-state index contributed by atoms with van der Waals surface area (Å²) in [5.41, 5.74) is 0.572. The molecule has 5 heteroatoms. The second-order valence-corrected chi connectivity index (χ2v) is 2.49. The van der Waals surface area contributed by atoms with Crippen LogP contribution in [0.4, 0.5) is 5.82 Å². The van der Waals surface area contributed by atoms with Crippen LogP contribution in [0.3, 0.4) is 0 Å². The fourth-order valence-electron chi connectivity index (χ4n) is 1.01. The fourth-order valence-corrected chi connectivity index (χ4v) is 1.01. The zero-order valence-electron chi connectivity index (χ0n) is 7.90. The van der Waals surface area contributed by atoms with E-state index >= 15 is 0 Å². The average molecular weight is 194 g/mol. The van der Waals surface area contributed by atoms with E-state index in [9.17, 15) is 9.59 Å². The second kappa shape index (κ2) is 4.36. The number of aldehydes is 1. The zero-order valence-corrected chi connectivity index (χ0v) is 7.90. The molecule has 1 aromatic rings. The average Bonchev–Trinajstić information content (AvgIpc) is 2.27. The Hall–Kier alpha value is -1.91. The van der Waals surface area contributed by atoms with Crippen LogP contribution in [0.5, 0.6) is 0 Å². The molecule has 0 saturated heterocycles. The first-order valence-electron chi connectivity index (χ1n) is 3.95. The standard InChI is InChI=1S/C9H10N2O3/c1-10-8-7(9(13)14-2)4-3-6(5-12)11-8/h3-5H,1-2H3,(H,10,11). The second-order valence-electron chi connectivity index (χ2n) is 2.49. The molecule has 0 saturated carbocycles. The maximum Gasteiger partial charge on any atom is 0.341 e. The SMILES string of the molecule is CNc1nc(C=O)ccc1C(=O)OC. The lowest BCUT2D eigenvalue weighted by atomic mass is 10.2. The number of methoxy groups -OCH3 is 1. The molecule has 0 fully saturated rings. The minimum Gasteiger partial charge on any atom is -0.465 e. The van der Waals surface area contributed by atoms with Gasteiger partial charge in [-0.25, -0.2) is 9.78 Å². The van der Waals surface area contributed by atoms with Crippen molar-refractivity contribution >= 4 is 18.1 Å². The summed E-state index contributed by atoms with van der Waals surface area (Å²) < 4.78 is 4.54. The van der Waals surface area contributed by atoms with Crippen LogP contribution in [0.25, 0.3) is 0 Å². The first-order chi connectivity index (χ1) is 6.72. The van der Waals surface area contributed by atoms with E-state index in [4.69, 9.17) is 0 Å². The number of hydrogen-bond donors (Lipinski definition) is 1. The van der Waals surface area contributed by atoms with Gasteiger partial charge in [0, 0.05) is 7.05 Å². The molecule has 0 aromatic carbocycles. The quantitative estimate of drug-likeness (QED) is 0.567. The maximum absolute atomic E-state index is 11.2. The van der Waals surface area contributed by atoms with Crippen LogP contribution in [0.1, 0.15) is 20.8 Å².